The lowest BCUT2D eigenvalue weighted by Gasteiger charge is -2.35. The average Bonchev–Trinajstić information content (AvgIpc) is 3.33. The highest BCUT2D eigenvalue weighted by atomic mass is 35.5. The molecule has 0 atom stereocenters. The monoisotopic (exact) mass is 595 g/mol. The Morgan fingerprint density at radius 2 is 1.50 bits per heavy atom. The predicted octanol–water partition coefficient (Wildman–Crippen LogP) is 8.76. The van der Waals surface area contributed by atoms with Crippen LogP contribution in [0.3, 0.4) is 0 Å². The van der Waals surface area contributed by atoms with E-state index in [1.807, 2.05) is 18.2 Å². The summed E-state index contributed by atoms with van der Waals surface area (Å²) < 4.78 is 44.7. The number of fused-ring (bicyclic) bond motifs is 1. The van der Waals surface area contributed by atoms with Crippen LogP contribution < -0.4 is 4.74 Å². The van der Waals surface area contributed by atoms with Gasteiger partial charge in [-0.25, -0.2) is 0 Å². The largest absolute Gasteiger partial charge is 0.573 e. The average molecular weight is 596 g/mol. The Morgan fingerprint density at radius 3 is 2.19 bits per heavy atom. The Hall–Kier alpha value is -3.00. The highest BCUT2D eigenvalue weighted by molar-refractivity contribution is 6.31. The van der Waals surface area contributed by atoms with Gasteiger partial charge in [0.1, 0.15) is 5.75 Å². The van der Waals surface area contributed by atoms with Gasteiger partial charge in [-0.05, 0) is 65.8 Å². The second kappa shape index (κ2) is 12.7. The van der Waals surface area contributed by atoms with E-state index in [0.29, 0.717) is 5.92 Å². The molecule has 1 aromatic heterocycles. The fraction of sp³-hybridized carbons (Fsp3) is 0.412. The SMILES string of the molecule is FC(F)(F)Oc1ccc(-c2cn(CC3CCCCC3)c3ccc(CN4CCN(Cc5ccccc5Cl)CC4)cc23)cc1. The Balaban J connectivity index is 1.20. The van der Waals surface area contributed by atoms with Crippen LogP contribution >= 0.6 is 11.6 Å². The maximum atomic E-state index is 12.7. The van der Waals surface area contributed by atoms with E-state index in [2.05, 4.69) is 49.6 Å². The molecule has 0 amide bonds. The summed E-state index contributed by atoms with van der Waals surface area (Å²) in [7, 11) is 0. The Labute approximate surface area is 250 Å². The van der Waals surface area contributed by atoms with Gasteiger partial charge in [-0.1, -0.05) is 67.3 Å². The molecule has 0 unspecified atom stereocenters. The van der Waals surface area contributed by atoms with Gasteiger partial charge in [-0.3, -0.25) is 9.80 Å². The second-order valence-electron chi connectivity index (χ2n) is 11.8. The summed E-state index contributed by atoms with van der Waals surface area (Å²) in [6.07, 6.45) is 3.87. The van der Waals surface area contributed by atoms with Crippen molar-refractivity contribution >= 4 is 22.5 Å². The number of hydrogen-bond acceptors (Lipinski definition) is 3. The van der Waals surface area contributed by atoms with Crippen LogP contribution in [-0.2, 0) is 19.6 Å². The lowest BCUT2D eigenvalue weighted by Crippen LogP contribution is -2.45. The minimum Gasteiger partial charge on any atom is -0.406 e. The van der Waals surface area contributed by atoms with Crippen molar-refractivity contribution in [2.45, 2.75) is 58.1 Å². The molecule has 0 spiro atoms. The molecule has 0 radical (unpaired) electrons. The molecule has 8 heteroatoms. The van der Waals surface area contributed by atoms with Crippen LogP contribution in [0.4, 0.5) is 13.2 Å². The molecular weight excluding hydrogens is 559 g/mol. The molecule has 2 fully saturated rings. The molecule has 2 aliphatic rings. The van der Waals surface area contributed by atoms with E-state index in [4.69, 9.17) is 11.6 Å². The molecule has 42 heavy (non-hydrogen) atoms. The molecule has 0 bridgehead atoms. The van der Waals surface area contributed by atoms with Crippen LogP contribution in [0, 0.1) is 5.92 Å². The van der Waals surface area contributed by atoms with Crippen molar-refractivity contribution in [2.24, 2.45) is 5.92 Å². The van der Waals surface area contributed by atoms with Gasteiger partial charge in [0.05, 0.1) is 0 Å². The fourth-order valence-electron chi connectivity index (χ4n) is 6.54. The first kappa shape index (κ1) is 29.1. The summed E-state index contributed by atoms with van der Waals surface area (Å²) >= 11 is 6.38. The molecule has 3 aromatic carbocycles. The van der Waals surface area contributed by atoms with Gasteiger partial charge in [0.15, 0.2) is 0 Å². The lowest BCUT2D eigenvalue weighted by molar-refractivity contribution is -0.274. The smallest absolute Gasteiger partial charge is 0.406 e. The van der Waals surface area contributed by atoms with Crippen LogP contribution in [0.1, 0.15) is 43.2 Å². The number of halogens is 4. The molecule has 1 aliphatic heterocycles. The summed E-state index contributed by atoms with van der Waals surface area (Å²) in [6.45, 7) is 6.65. The van der Waals surface area contributed by atoms with Gasteiger partial charge >= 0.3 is 6.36 Å². The molecule has 2 heterocycles. The lowest BCUT2D eigenvalue weighted by atomic mass is 9.89. The van der Waals surface area contributed by atoms with E-state index in [1.54, 1.807) is 12.1 Å². The summed E-state index contributed by atoms with van der Waals surface area (Å²) in [6, 6.07) is 21.0. The van der Waals surface area contributed by atoms with Crippen molar-refractivity contribution in [1.82, 2.24) is 14.4 Å². The van der Waals surface area contributed by atoms with E-state index < -0.39 is 6.36 Å². The van der Waals surface area contributed by atoms with Crippen molar-refractivity contribution < 1.29 is 17.9 Å². The van der Waals surface area contributed by atoms with E-state index in [0.717, 1.165) is 67.3 Å². The van der Waals surface area contributed by atoms with Crippen LogP contribution in [0.25, 0.3) is 22.0 Å². The molecule has 1 aliphatic carbocycles. The molecule has 6 rings (SSSR count). The molecular formula is C34H37ClF3N3O. The van der Waals surface area contributed by atoms with E-state index >= 15 is 0 Å². The van der Waals surface area contributed by atoms with Crippen molar-refractivity contribution in [1.29, 1.82) is 0 Å². The minimum atomic E-state index is -4.70. The van der Waals surface area contributed by atoms with Crippen molar-refractivity contribution in [3.05, 3.63) is 89.1 Å². The first-order valence-corrected chi connectivity index (χ1v) is 15.3. The quantitative estimate of drug-likeness (QED) is 0.203. The van der Waals surface area contributed by atoms with Gasteiger partial charge in [-0.2, -0.15) is 0 Å². The van der Waals surface area contributed by atoms with Crippen LogP contribution in [-0.4, -0.2) is 46.9 Å². The Morgan fingerprint density at radius 1 is 0.810 bits per heavy atom. The summed E-state index contributed by atoms with van der Waals surface area (Å²) in [4.78, 5) is 4.95. The number of piperazine rings is 1. The fourth-order valence-corrected chi connectivity index (χ4v) is 6.73. The number of benzene rings is 3. The van der Waals surface area contributed by atoms with Gasteiger partial charge in [0, 0.05) is 73.5 Å². The van der Waals surface area contributed by atoms with Crippen molar-refractivity contribution in [3.63, 3.8) is 0 Å². The third kappa shape index (κ3) is 7.13. The standard InChI is InChI=1S/C34H37ClF3N3O/c35-32-9-5-4-8-28(32)23-40-18-16-39(17-19-40)21-26-10-15-33-30(20-26)31(24-41(33)22-25-6-2-1-3-7-25)27-11-13-29(14-12-27)42-34(36,37)38/h4-5,8-15,20,24-25H,1-3,6-7,16-19,21-23H2. The number of rotatable bonds is 8. The number of alkyl halides is 3. The summed E-state index contributed by atoms with van der Waals surface area (Å²) in [5, 5.41) is 1.96. The van der Waals surface area contributed by atoms with Crippen LogP contribution in [0.5, 0.6) is 5.75 Å². The molecule has 222 valence electrons. The van der Waals surface area contributed by atoms with Crippen LogP contribution in [0.2, 0.25) is 5.02 Å². The number of ether oxygens (including phenoxy) is 1. The van der Waals surface area contributed by atoms with Gasteiger partial charge in [-0.15, -0.1) is 13.2 Å². The second-order valence-corrected chi connectivity index (χ2v) is 12.2. The third-order valence-electron chi connectivity index (χ3n) is 8.75. The van der Waals surface area contributed by atoms with Gasteiger partial charge < -0.3 is 9.30 Å². The zero-order valence-corrected chi connectivity index (χ0v) is 24.5. The highest BCUT2D eigenvalue weighted by Crippen LogP contribution is 2.35. The van der Waals surface area contributed by atoms with Crippen LogP contribution in [0.15, 0.2) is 72.9 Å². The van der Waals surface area contributed by atoms with Crippen molar-refractivity contribution in [2.75, 3.05) is 26.2 Å². The number of nitrogens with zero attached hydrogens (tertiary/aromatic N) is 3. The molecule has 4 nitrogen and oxygen atoms in total. The predicted molar refractivity (Wildman–Crippen MR) is 163 cm³/mol. The Bertz CT molecular complexity index is 1490. The first-order valence-electron chi connectivity index (χ1n) is 15.0. The number of aromatic nitrogens is 1. The number of hydrogen-bond donors (Lipinski definition) is 0. The normalized spacial score (nSPS) is 17.6. The minimum absolute atomic E-state index is 0.202. The van der Waals surface area contributed by atoms with E-state index in [1.165, 1.54) is 60.9 Å². The Kier molecular flexibility index (Phi) is 8.80. The topological polar surface area (TPSA) is 20.6 Å². The maximum Gasteiger partial charge on any atom is 0.573 e. The zero-order valence-electron chi connectivity index (χ0n) is 23.8. The molecule has 1 saturated heterocycles. The zero-order chi connectivity index (χ0) is 29.1. The third-order valence-corrected chi connectivity index (χ3v) is 9.12. The highest BCUT2D eigenvalue weighted by Gasteiger charge is 2.31. The maximum absolute atomic E-state index is 12.7. The van der Waals surface area contributed by atoms with Crippen molar-refractivity contribution in [3.8, 4) is 16.9 Å². The first-order chi connectivity index (χ1) is 20.3. The summed E-state index contributed by atoms with van der Waals surface area (Å²) in [5.74, 6) is 0.457. The molecule has 0 N–H and O–H groups in total. The van der Waals surface area contributed by atoms with E-state index in [9.17, 15) is 13.2 Å². The molecule has 1 saturated carbocycles. The summed E-state index contributed by atoms with van der Waals surface area (Å²) in [5.41, 5.74) is 5.53. The van der Waals surface area contributed by atoms with Gasteiger partial charge in [0.2, 0.25) is 0 Å². The molecule has 4 aromatic rings. The van der Waals surface area contributed by atoms with Gasteiger partial charge in [0.25, 0.3) is 0 Å². The van der Waals surface area contributed by atoms with E-state index in [-0.39, 0.29) is 5.75 Å².